The summed E-state index contributed by atoms with van der Waals surface area (Å²) in [7, 11) is 0. The smallest absolute Gasteiger partial charge is 0.248 e. The van der Waals surface area contributed by atoms with Gasteiger partial charge in [-0.25, -0.2) is 0 Å². The molecule has 108 valence electrons. The summed E-state index contributed by atoms with van der Waals surface area (Å²) in [5.41, 5.74) is 16.5. The Hall–Kier alpha value is -2.33. The first-order valence-electron chi connectivity index (χ1n) is 7.11. The van der Waals surface area contributed by atoms with Crippen molar-refractivity contribution in [3.05, 3.63) is 64.7 Å². The Morgan fingerprint density at radius 2 is 1.90 bits per heavy atom. The second kappa shape index (κ2) is 5.58. The first-order valence-corrected chi connectivity index (χ1v) is 7.11. The summed E-state index contributed by atoms with van der Waals surface area (Å²) >= 11 is 0. The number of primary amides is 1. The number of fused-ring (bicyclic) bond motifs is 1. The molecule has 4 nitrogen and oxygen atoms in total. The zero-order chi connectivity index (χ0) is 14.8. The lowest BCUT2D eigenvalue weighted by molar-refractivity contribution is 0.100. The van der Waals surface area contributed by atoms with Gasteiger partial charge in [0.05, 0.1) is 0 Å². The fourth-order valence-corrected chi connectivity index (χ4v) is 2.83. The van der Waals surface area contributed by atoms with Crippen molar-refractivity contribution in [3.63, 3.8) is 0 Å². The quantitative estimate of drug-likeness (QED) is 0.844. The van der Waals surface area contributed by atoms with Gasteiger partial charge in [-0.1, -0.05) is 24.3 Å². The highest BCUT2D eigenvalue weighted by Gasteiger charge is 2.18. The van der Waals surface area contributed by atoms with Crippen LogP contribution >= 0.6 is 0 Å². The lowest BCUT2D eigenvalue weighted by atomic mass is 9.97. The largest absolute Gasteiger partial charge is 0.398 e. The summed E-state index contributed by atoms with van der Waals surface area (Å²) in [6, 6.07) is 13.6. The molecule has 3 rings (SSSR count). The van der Waals surface area contributed by atoms with Crippen LogP contribution in [-0.4, -0.2) is 17.4 Å². The predicted octanol–water partition coefficient (Wildman–Crippen LogP) is 1.93. The van der Waals surface area contributed by atoms with Crippen LogP contribution < -0.4 is 11.5 Å². The second-order valence-electron chi connectivity index (χ2n) is 5.51. The first-order chi connectivity index (χ1) is 10.1. The third-order valence-electron chi connectivity index (χ3n) is 4.03. The minimum atomic E-state index is -0.388. The normalized spacial score (nSPS) is 14.7. The van der Waals surface area contributed by atoms with E-state index in [2.05, 4.69) is 11.0 Å². The zero-order valence-electron chi connectivity index (χ0n) is 11.9. The molecule has 2 aromatic rings. The van der Waals surface area contributed by atoms with Gasteiger partial charge in [0, 0.05) is 30.9 Å². The molecular formula is C17H19N3O. The molecule has 0 fully saturated rings. The maximum absolute atomic E-state index is 11.1. The molecule has 1 aliphatic heterocycles. The summed E-state index contributed by atoms with van der Waals surface area (Å²) in [6.07, 6.45) is 1.03. The second-order valence-corrected chi connectivity index (χ2v) is 5.51. The van der Waals surface area contributed by atoms with Gasteiger partial charge in [0.1, 0.15) is 0 Å². The molecule has 0 saturated heterocycles. The van der Waals surface area contributed by atoms with Crippen molar-refractivity contribution in [3.8, 4) is 0 Å². The summed E-state index contributed by atoms with van der Waals surface area (Å²) in [5.74, 6) is -0.388. The number of hydrogen-bond acceptors (Lipinski definition) is 3. The van der Waals surface area contributed by atoms with Crippen molar-refractivity contribution in [1.82, 2.24) is 4.90 Å². The highest BCUT2D eigenvalue weighted by Crippen LogP contribution is 2.25. The number of carbonyl (C=O) groups excluding carboxylic acids is 1. The van der Waals surface area contributed by atoms with Crippen LogP contribution in [0.2, 0.25) is 0 Å². The lowest BCUT2D eigenvalue weighted by Gasteiger charge is -2.29. The number of carbonyl (C=O) groups is 1. The Bertz CT molecular complexity index is 664. The lowest BCUT2D eigenvalue weighted by Crippen LogP contribution is -2.30. The van der Waals surface area contributed by atoms with E-state index in [4.69, 9.17) is 11.5 Å². The van der Waals surface area contributed by atoms with Crippen molar-refractivity contribution in [2.45, 2.75) is 19.5 Å². The summed E-state index contributed by atoms with van der Waals surface area (Å²) in [6.45, 7) is 2.75. The van der Waals surface area contributed by atoms with E-state index in [-0.39, 0.29) is 5.91 Å². The van der Waals surface area contributed by atoms with E-state index in [0.29, 0.717) is 5.56 Å². The molecule has 0 unspecified atom stereocenters. The average molecular weight is 281 g/mol. The fraction of sp³-hybridized carbons (Fsp3) is 0.235. The van der Waals surface area contributed by atoms with E-state index in [0.717, 1.165) is 31.7 Å². The minimum Gasteiger partial charge on any atom is -0.398 e. The molecule has 0 radical (unpaired) electrons. The number of nitrogens with two attached hydrogens (primary N) is 2. The van der Waals surface area contributed by atoms with Crippen LogP contribution in [0, 0.1) is 0 Å². The molecule has 2 aromatic carbocycles. The Balaban J connectivity index is 1.72. The number of anilines is 1. The molecule has 0 atom stereocenters. The molecule has 0 aromatic heterocycles. The van der Waals surface area contributed by atoms with Gasteiger partial charge in [-0.05, 0) is 41.3 Å². The van der Waals surface area contributed by atoms with Crippen molar-refractivity contribution < 1.29 is 4.79 Å². The number of nitrogen functional groups attached to an aromatic ring is 1. The molecule has 1 amide bonds. The Morgan fingerprint density at radius 3 is 2.62 bits per heavy atom. The zero-order valence-corrected chi connectivity index (χ0v) is 11.9. The van der Waals surface area contributed by atoms with E-state index in [1.165, 1.54) is 16.7 Å². The number of benzene rings is 2. The van der Waals surface area contributed by atoms with Crippen LogP contribution in [0.3, 0.4) is 0 Å². The Kier molecular flexibility index (Phi) is 3.62. The predicted molar refractivity (Wildman–Crippen MR) is 83.6 cm³/mol. The fourth-order valence-electron chi connectivity index (χ4n) is 2.83. The average Bonchev–Trinajstić information content (AvgIpc) is 2.49. The maximum atomic E-state index is 11.1. The van der Waals surface area contributed by atoms with Gasteiger partial charge in [0.2, 0.25) is 5.91 Å². The van der Waals surface area contributed by atoms with Crippen LogP contribution in [0.4, 0.5) is 5.69 Å². The summed E-state index contributed by atoms with van der Waals surface area (Å²) < 4.78 is 0. The van der Waals surface area contributed by atoms with Gasteiger partial charge in [0.25, 0.3) is 0 Å². The van der Waals surface area contributed by atoms with Crippen LogP contribution in [0.25, 0.3) is 0 Å². The molecule has 0 saturated carbocycles. The molecule has 1 heterocycles. The van der Waals surface area contributed by atoms with Crippen molar-refractivity contribution in [2.24, 2.45) is 5.73 Å². The van der Waals surface area contributed by atoms with E-state index in [1.807, 2.05) is 24.3 Å². The van der Waals surface area contributed by atoms with Gasteiger partial charge in [-0.3, -0.25) is 9.69 Å². The van der Waals surface area contributed by atoms with Crippen molar-refractivity contribution in [2.75, 3.05) is 12.3 Å². The number of amides is 1. The third-order valence-corrected chi connectivity index (χ3v) is 4.03. The van der Waals surface area contributed by atoms with E-state index in [9.17, 15) is 4.79 Å². The van der Waals surface area contributed by atoms with Gasteiger partial charge in [-0.15, -0.1) is 0 Å². The number of nitrogens with zero attached hydrogens (tertiary/aromatic N) is 1. The summed E-state index contributed by atoms with van der Waals surface area (Å²) in [5, 5.41) is 0. The van der Waals surface area contributed by atoms with E-state index >= 15 is 0 Å². The van der Waals surface area contributed by atoms with Gasteiger partial charge >= 0.3 is 0 Å². The molecule has 4 heteroatoms. The monoisotopic (exact) mass is 281 g/mol. The third kappa shape index (κ3) is 2.90. The standard InChI is InChI=1S/C17H19N3O/c18-16-3-1-2-13-8-9-20(11-15(13)16)10-12-4-6-14(7-5-12)17(19)21/h1-7H,8-11,18H2,(H2,19,21). The van der Waals surface area contributed by atoms with E-state index in [1.54, 1.807) is 12.1 Å². The maximum Gasteiger partial charge on any atom is 0.248 e. The Labute approximate surface area is 124 Å². The SMILES string of the molecule is NC(=O)c1ccc(CN2CCc3cccc(N)c3C2)cc1. The van der Waals surface area contributed by atoms with Crippen LogP contribution in [0.15, 0.2) is 42.5 Å². The highest BCUT2D eigenvalue weighted by atomic mass is 16.1. The molecule has 0 aliphatic carbocycles. The van der Waals surface area contributed by atoms with Gasteiger partial charge in [-0.2, -0.15) is 0 Å². The van der Waals surface area contributed by atoms with Crippen molar-refractivity contribution in [1.29, 1.82) is 0 Å². The van der Waals surface area contributed by atoms with Crippen LogP contribution in [-0.2, 0) is 19.5 Å². The molecule has 1 aliphatic rings. The molecule has 4 N–H and O–H groups in total. The Morgan fingerprint density at radius 1 is 1.14 bits per heavy atom. The van der Waals surface area contributed by atoms with Crippen LogP contribution in [0.5, 0.6) is 0 Å². The van der Waals surface area contributed by atoms with Gasteiger partial charge < -0.3 is 11.5 Å². The molecule has 0 bridgehead atoms. The van der Waals surface area contributed by atoms with Crippen LogP contribution in [0.1, 0.15) is 27.0 Å². The highest BCUT2D eigenvalue weighted by molar-refractivity contribution is 5.92. The molecule has 0 spiro atoms. The molecular weight excluding hydrogens is 262 g/mol. The first kappa shape index (κ1) is 13.6. The van der Waals surface area contributed by atoms with Gasteiger partial charge in [0.15, 0.2) is 0 Å². The minimum absolute atomic E-state index is 0.388. The van der Waals surface area contributed by atoms with Crippen molar-refractivity contribution >= 4 is 11.6 Å². The molecule has 21 heavy (non-hydrogen) atoms. The number of rotatable bonds is 3. The number of hydrogen-bond donors (Lipinski definition) is 2. The summed E-state index contributed by atoms with van der Waals surface area (Å²) in [4.78, 5) is 13.4. The topological polar surface area (TPSA) is 72.4 Å². The van der Waals surface area contributed by atoms with E-state index < -0.39 is 0 Å².